The second-order valence-corrected chi connectivity index (χ2v) is 4.31. The molecule has 0 spiro atoms. The number of imidazole rings is 1. The summed E-state index contributed by atoms with van der Waals surface area (Å²) in [7, 11) is 3.27. The molecule has 1 aromatic rings. The Morgan fingerprint density at radius 2 is 2.05 bits per heavy atom. The third kappa shape index (κ3) is 4.26. The van der Waals surface area contributed by atoms with E-state index >= 15 is 0 Å². The topological polar surface area (TPSA) is 122 Å². The lowest BCUT2D eigenvalue weighted by Crippen LogP contribution is -2.47. The first-order chi connectivity index (χ1) is 9.31. The fraction of sp³-hybridized carbons (Fsp3) is 0.455. The molecule has 9 heteroatoms. The van der Waals surface area contributed by atoms with Gasteiger partial charge in [0.15, 0.2) is 0 Å². The summed E-state index contributed by atoms with van der Waals surface area (Å²) in [6.45, 7) is -0.847. The number of aliphatic carboxylic acids is 1. The van der Waals surface area contributed by atoms with Gasteiger partial charge in [-0.25, -0.2) is 9.78 Å². The summed E-state index contributed by atoms with van der Waals surface area (Å²) in [5.74, 6) is -1.36. The number of nitrogens with two attached hydrogens (primary N) is 1. The van der Waals surface area contributed by atoms with Crippen molar-refractivity contribution in [3.8, 4) is 0 Å². The second kappa shape index (κ2) is 6.55. The van der Waals surface area contributed by atoms with Crippen molar-refractivity contribution in [2.45, 2.75) is 6.54 Å². The van der Waals surface area contributed by atoms with E-state index in [1.54, 1.807) is 24.0 Å². The third-order valence-electron chi connectivity index (χ3n) is 2.57. The van der Waals surface area contributed by atoms with Crippen molar-refractivity contribution in [2.75, 3.05) is 20.1 Å². The lowest BCUT2D eigenvalue weighted by Gasteiger charge is -2.25. The van der Waals surface area contributed by atoms with Crippen molar-refractivity contribution in [2.24, 2.45) is 12.8 Å². The number of carboxylic acids is 1. The number of carboxylic acid groups (broad SMARTS) is 1. The van der Waals surface area contributed by atoms with Crippen LogP contribution in [-0.2, 0) is 23.2 Å². The van der Waals surface area contributed by atoms with Crippen LogP contribution >= 0.6 is 0 Å². The first-order valence-electron chi connectivity index (χ1n) is 5.77. The van der Waals surface area contributed by atoms with E-state index in [-0.39, 0.29) is 6.54 Å². The van der Waals surface area contributed by atoms with Gasteiger partial charge < -0.3 is 25.2 Å². The van der Waals surface area contributed by atoms with Gasteiger partial charge in [0.2, 0.25) is 5.91 Å². The predicted molar refractivity (Wildman–Crippen MR) is 68.5 cm³/mol. The van der Waals surface area contributed by atoms with E-state index in [0.29, 0.717) is 5.82 Å². The monoisotopic (exact) mass is 283 g/mol. The molecular formula is C11H17N5O4. The van der Waals surface area contributed by atoms with E-state index in [4.69, 9.17) is 10.8 Å². The van der Waals surface area contributed by atoms with Gasteiger partial charge in [-0.05, 0) is 0 Å². The number of rotatable bonds is 6. The van der Waals surface area contributed by atoms with Gasteiger partial charge in [-0.3, -0.25) is 9.59 Å². The molecule has 0 aliphatic carbocycles. The molecule has 0 fully saturated rings. The molecule has 0 aromatic carbocycles. The Kier molecular flexibility index (Phi) is 5.07. The van der Waals surface area contributed by atoms with Crippen LogP contribution < -0.4 is 5.73 Å². The first kappa shape index (κ1) is 15.5. The molecule has 0 radical (unpaired) electrons. The molecule has 110 valence electrons. The number of aryl methyl sites for hydroxylation is 1. The Morgan fingerprint density at radius 1 is 1.40 bits per heavy atom. The normalized spacial score (nSPS) is 10.1. The van der Waals surface area contributed by atoms with Crippen molar-refractivity contribution in [3.05, 3.63) is 18.2 Å². The second-order valence-electron chi connectivity index (χ2n) is 4.31. The Balaban J connectivity index is 2.74. The van der Waals surface area contributed by atoms with Gasteiger partial charge >= 0.3 is 12.0 Å². The van der Waals surface area contributed by atoms with E-state index in [0.717, 1.165) is 4.90 Å². The van der Waals surface area contributed by atoms with Gasteiger partial charge in [-0.2, -0.15) is 0 Å². The minimum Gasteiger partial charge on any atom is -0.480 e. The van der Waals surface area contributed by atoms with Gasteiger partial charge in [0, 0.05) is 26.5 Å². The maximum atomic E-state index is 12.1. The average molecular weight is 283 g/mol. The summed E-state index contributed by atoms with van der Waals surface area (Å²) in [5, 5.41) is 8.75. The Hall–Kier alpha value is -2.58. The van der Waals surface area contributed by atoms with E-state index in [9.17, 15) is 14.4 Å². The minimum atomic E-state index is -1.22. The van der Waals surface area contributed by atoms with Crippen molar-refractivity contribution in [1.29, 1.82) is 0 Å². The number of carbonyl (C=O) groups excluding carboxylic acids is 2. The molecule has 0 saturated carbocycles. The highest BCUT2D eigenvalue weighted by Gasteiger charge is 2.22. The molecule has 1 heterocycles. The van der Waals surface area contributed by atoms with E-state index in [2.05, 4.69) is 4.98 Å². The lowest BCUT2D eigenvalue weighted by molar-refractivity contribution is -0.138. The molecule has 9 nitrogen and oxygen atoms in total. The van der Waals surface area contributed by atoms with Gasteiger partial charge in [0.25, 0.3) is 0 Å². The summed E-state index contributed by atoms with van der Waals surface area (Å²) < 4.78 is 1.74. The molecule has 3 N–H and O–H groups in total. The van der Waals surface area contributed by atoms with Crippen LogP contribution in [0.25, 0.3) is 0 Å². The Morgan fingerprint density at radius 3 is 2.50 bits per heavy atom. The number of carbonyl (C=O) groups is 3. The fourth-order valence-electron chi connectivity index (χ4n) is 1.61. The molecule has 0 aliphatic heterocycles. The Bertz CT molecular complexity index is 497. The van der Waals surface area contributed by atoms with Crippen LogP contribution in [0.15, 0.2) is 12.4 Å². The molecule has 0 aliphatic rings. The average Bonchev–Trinajstić information content (AvgIpc) is 2.72. The number of hydrogen-bond acceptors (Lipinski definition) is 4. The largest absolute Gasteiger partial charge is 0.480 e. The summed E-state index contributed by atoms with van der Waals surface area (Å²) in [6.07, 6.45) is 3.32. The van der Waals surface area contributed by atoms with Crippen LogP contribution in [0.5, 0.6) is 0 Å². The van der Waals surface area contributed by atoms with Crippen LogP contribution in [0.1, 0.15) is 5.82 Å². The highest BCUT2D eigenvalue weighted by molar-refractivity contribution is 5.85. The molecule has 1 rings (SSSR count). The summed E-state index contributed by atoms with van der Waals surface area (Å²) >= 11 is 0. The standard InChI is InChI=1S/C11H17N5O4/c1-14-4-3-13-9(14)6-15(2)11(20)16(5-8(12)17)7-10(18)19/h3-4H,5-7H2,1-2H3,(H2,12,17)(H,18,19). The van der Waals surface area contributed by atoms with Gasteiger partial charge in [0.05, 0.1) is 6.54 Å². The van der Waals surface area contributed by atoms with Crippen molar-refractivity contribution in [1.82, 2.24) is 19.4 Å². The van der Waals surface area contributed by atoms with Gasteiger partial charge in [-0.1, -0.05) is 0 Å². The SMILES string of the molecule is CN(Cc1nccn1C)C(=O)N(CC(N)=O)CC(=O)O. The summed E-state index contributed by atoms with van der Waals surface area (Å²) in [5.41, 5.74) is 5.01. The van der Waals surface area contributed by atoms with Crippen molar-refractivity contribution >= 4 is 17.9 Å². The number of hydrogen-bond donors (Lipinski definition) is 2. The molecule has 0 saturated heterocycles. The first-order valence-corrected chi connectivity index (χ1v) is 5.77. The van der Waals surface area contributed by atoms with Gasteiger partial charge in [-0.15, -0.1) is 0 Å². The van der Waals surface area contributed by atoms with Crippen molar-refractivity contribution in [3.63, 3.8) is 0 Å². The van der Waals surface area contributed by atoms with Crippen LogP contribution in [0.2, 0.25) is 0 Å². The van der Waals surface area contributed by atoms with Gasteiger partial charge in [0.1, 0.15) is 18.9 Å². The molecule has 20 heavy (non-hydrogen) atoms. The number of urea groups is 1. The fourth-order valence-corrected chi connectivity index (χ4v) is 1.61. The molecule has 0 bridgehead atoms. The van der Waals surface area contributed by atoms with Crippen LogP contribution in [-0.4, -0.2) is 62.5 Å². The molecule has 1 aromatic heterocycles. The highest BCUT2D eigenvalue weighted by atomic mass is 16.4. The van der Waals surface area contributed by atoms with E-state index < -0.39 is 31.0 Å². The zero-order valence-corrected chi connectivity index (χ0v) is 11.3. The van der Waals surface area contributed by atoms with Crippen LogP contribution in [0.3, 0.4) is 0 Å². The maximum Gasteiger partial charge on any atom is 0.323 e. The molecule has 0 unspecified atom stereocenters. The van der Waals surface area contributed by atoms with Crippen molar-refractivity contribution < 1.29 is 19.5 Å². The van der Waals surface area contributed by atoms with Crippen LogP contribution in [0, 0.1) is 0 Å². The molecular weight excluding hydrogens is 266 g/mol. The highest BCUT2D eigenvalue weighted by Crippen LogP contribution is 2.03. The third-order valence-corrected chi connectivity index (χ3v) is 2.57. The summed E-state index contributed by atoms with van der Waals surface area (Å²) in [6, 6.07) is -0.603. The Labute approximate surface area is 115 Å². The number of amides is 3. The van der Waals surface area contributed by atoms with Crippen LogP contribution in [0.4, 0.5) is 4.79 Å². The lowest BCUT2D eigenvalue weighted by atomic mass is 10.4. The summed E-state index contributed by atoms with van der Waals surface area (Å²) in [4.78, 5) is 39.9. The molecule has 3 amide bonds. The van der Waals surface area contributed by atoms with E-state index in [1.165, 1.54) is 11.9 Å². The number of primary amides is 1. The number of nitrogens with zero attached hydrogens (tertiary/aromatic N) is 4. The quantitative estimate of drug-likeness (QED) is 0.682. The maximum absolute atomic E-state index is 12.1. The van der Waals surface area contributed by atoms with E-state index in [1.807, 2.05) is 0 Å². The minimum absolute atomic E-state index is 0.192. The molecule has 0 atom stereocenters. The zero-order valence-electron chi connectivity index (χ0n) is 11.3. The zero-order chi connectivity index (χ0) is 15.3. The number of aromatic nitrogens is 2. The predicted octanol–water partition coefficient (Wildman–Crippen LogP) is -1.16. The smallest absolute Gasteiger partial charge is 0.323 e.